The van der Waals surface area contributed by atoms with Gasteiger partial charge in [-0.2, -0.15) is 0 Å². The molecule has 1 aromatic carbocycles. The zero-order valence-corrected chi connectivity index (χ0v) is 13.1. The monoisotopic (exact) mass is 291 g/mol. The van der Waals surface area contributed by atoms with Gasteiger partial charge >= 0.3 is 0 Å². The summed E-state index contributed by atoms with van der Waals surface area (Å²) in [6.45, 7) is 8.81. The van der Waals surface area contributed by atoms with E-state index in [-0.39, 0.29) is 11.8 Å². The van der Waals surface area contributed by atoms with Crippen molar-refractivity contribution in [2.45, 2.75) is 27.2 Å². The van der Waals surface area contributed by atoms with Gasteiger partial charge in [0.25, 0.3) is 5.91 Å². The molecule has 0 radical (unpaired) electrons. The largest absolute Gasteiger partial charge is 0.352 e. The van der Waals surface area contributed by atoms with E-state index in [1.807, 2.05) is 25.7 Å². The van der Waals surface area contributed by atoms with Crippen LogP contribution in [0.1, 0.15) is 37.6 Å². The van der Waals surface area contributed by atoms with Crippen LogP contribution in [0.25, 0.3) is 0 Å². The maximum atomic E-state index is 11.9. The Morgan fingerprint density at radius 3 is 2.19 bits per heavy atom. The SMILES string of the molecule is CCCNC(=O)c1ccc(NC(=O)CN(CC)CC)cc1. The van der Waals surface area contributed by atoms with Crippen LogP contribution in [-0.2, 0) is 4.79 Å². The topological polar surface area (TPSA) is 61.4 Å². The summed E-state index contributed by atoms with van der Waals surface area (Å²) in [5.41, 5.74) is 1.31. The molecule has 0 saturated heterocycles. The van der Waals surface area contributed by atoms with E-state index in [4.69, 9.17) is 0 Å². The highest BCUT2D eigenvalue weighted by Crippen LogP contribution is 2.09. The summed E-state index contributed by atoms with van der Waals surface area (Å²) in [6.07, 6.45) is 0.908. The van der Waals surface area contributed by atoms with E-state index in [0.717, 1.165) is 19.5 Å². The lowest BCUT2D eigenvalue weighted by Crippen LogP contribution is -2.32. The quantitative estimate of drug-likeness (QED) is 0.771. The average Bonchev–Trinajstić information content (AvgIpc) is 2.50. The number of hydrogen-bond acceptors (Lipinski definition) is 3. The molecule has 0 aliphatic rings. The fraction of sp³-hybridized carbons (Fsp3) is 0.500. The molecule has 116 valence electrons. The highest BCUT2D eigenvalue weighted by molar-refractivity contribution is 5.96. The first-order valence-electron chi connectivity index (χ1n) is 7.51. The van der Waals surface area contributed by atoms with Gasteiger partial charge in [-0.1, -0.05) is 20.8 Å². The summed E-state index contributed by atoms with van der Waals surface area (Å²) < 4.78 is 0. The van der Waals surface area contributed by atoms with Crippen molar-refractivity contribution < 1.29 is 9.59 Å². The highest BCUT2D eigenvalue weighted by atomic mass is 16.2. The van der Waals surface area contributed by atoms with Crippen molar-refractivity contribution >= 4 is 17.5 Å². The average molecular weight is 291 g/mol. The van der Waals surface area contributed by atoms with E-state index < -0.39 is 0 Å². The van der Waals surface area contributed by atoms with E-state index in [0.29, 0.717) is 24.3 Å². The van der Waals surface area contributed by atoms with Crippen molar-refractivity contribution in [3.63, 3.8) is 0 Å². The second kappa shape index (κ2) is 9.13. The van der Waals surface area contributed by atoms with Crippen molar-refractivity contribution in [1.82, 2.24) is 10.2 Å². The summed E-state index contributed by atoms with van der Waals surface area (Å²) in [7, 11) is 0. The molecule has 1 aromatic rings. The fourth-order valence-corrected chi connectivity index (χ4v) is 1.90. The number of likely N-dealkylation sites (N-methyl/N-ethyl adjacent to an activating group) is 1. The Labute approximate surface area is 126 Å². The summed E-state index contributed by atoms with van der Waals surface area (Å²) in [6, 6.07) is 6.94. The molecule has 21 heavy (non-hydrogen) atoms. The number of rotatable bonds is 8. The van der Waals surface area contributed by atoms with Gasteiger partial charge in [0.2, 0.25) is 5.91 Å². The lowest BCUT2D eigenvalue weighted by atomic mass is 10.2. The number of nitrogens with one attached hydrogen (secondary N) is 2. The van der Waals surface area contributed by atoms with Crippen LogP contribution in [0.5, 0.6) is 0 Å². The van der Waals surface area contributed by atoms with Gasteiger partial charge in [0, 0.05) is 17.8 Å². The Balaban J connectivity index is 2.54. The fourth-order valence-electron chi connectivity index (χ4n) is 1.90. The summed E-state index contributed by atoms with van der Waals surface area (Å²) in [5, 5.41) is 5.66. The number of benzene rings is 1. The van der Waals surface area contributed by atoms with Crippen LogP contribution in [0, 0.1) is 0 Å². The molecule has 0 aromatic heterocycles. The first-order chi connectivity index (χ1) is 10.1. The molecule has 2 amide bonds. The summed E-state index contributed by atoms with van der Waals surface area (Å²) >= 11 is 0. The zero-order chi connectivity index (χ0) is 15.7. The molecule has 0 aliphatic carbocycles. The third-order valence-corrected chi connectivity index (χ3v) is 3.23. The third-order valence-electron chi connectivity index (χ3n) is 3.23. The van der Waals surface area contributed by atoms with Crippen molar-refractivity contribution in [3.05, 3.63) is 29.8 Å². The van der Waals surface area contributed by atoms with Crippen molar-refractivity contribution in [2.24, 2.45) is 0 Å². The van der Waals surface area contributed by atoms with Gasteiger partial charge in [-0.3, -0.25) is 14.5 Å². The van der Waals surface area contributed by atoms with Crippen LogP contribution in [0.3, 0.4) is 0 Å². The van der Waals surface area contributed by atoms with Gasteiger partial charge in [-0.15, -0.1) is 0 Å². The van der Waals surface area contributed by atoms with Gasteiger partial charge in [0.05, 0.1) is 6.54 Å². The van der Waals surface area contributed by atoms with Gasteiger partial charge in [-0.05, 0) is 43.8 Å². The highest BCUT2D eigenvalue weighted by Gasteiger charge is 2.08. The molecule has 0 aliphatic heterocycles. The van der Waals surface area contributed by atoms with Crippen LogP contribution < -0.4 is 10.6 Å². The second-order valence-corrected chi connectivity index (χ2v) is 4.84. The lowest BCUT2D eigenvalue weighted by Gasteiger charge is -2.17. The Kier molecular flexibility index (Phi) is 7.46. The molecule has 0 spiro atoms. The third kappa shape index (κ3) is 5.95. The molecule has 0 bridgehead atoms. The van der Waals surface area contributed by atoms with Gasteiger partial charge in [-0.25, -0.2) is 0 Å². The van der Waals surface area contributed by atoms with Crippen molar-refractivity contribution in [3.8, 4) is 0 Å². The van der Waals surface area contributed by atoms with Crippen LogP contribution >= 0.6 is 0 Å². The molecule has 0 saturated carbocycles. The predicted octanol–water partition coefficient (Wildman–Crippen LogP) is 2.11. The summed E-state index contributed by atoms with van der Waals surface area (Å²) in [5.74, 6) is -0.125. The Bertz CT molecular complexity index is 453. The van der Waals surface area contributed by atoms with Gasteiger partial charge in [0.1, 0.15) is 0 Å². The molecule has 5 heteroatoms. The molecule has 0 fully saturated rings. The minimum absolute atomic E-state index is 0.0399. The van der Waals surface area contributed by atoms with E-state index in [1.165, 1.54) is 0 Å². The minimum Gasteiger partial charge on any atom is -0.352 e. The number of amides is 2. The first-order valence-corrected chi connectivity index (χ1v) is 7.51. The Morgan fingerprint density at radius 2 is 1.67 bits per heavy atom. The zero-order valence-electron chi connectivity index (χ0n) is 13.1. The van der Waals surface area contributed by atoms with Crippen LogP contribution in [-0.4, -0.2) is 42.9 Å². The molecule has 5 nitrogen and oxygen atoms in total. The number of carbonyl (C=O) groups is 2. The molecule has 2 N–H and O–H groups in total. The van der Waals surface area contributed by atoms with Crippen LogP contribution in [0.15, 0.2) is 24.3 Å². The van der Waals surface area contributed by atoms with Crippen molar-refractivity contribution in [2.75, 3.05) is 31.5 Å². The van der Waals surface area contributed by atoms with Gasteiger partial charge in [0.15, 0.2) is 0 Å². The van der Waals surface area contributed by atoms with E-state index in [1.54, 1.807) is 24.3 Å². The Morgan fingerprint density at radius 1 is 1.05 bits per heavy atom. The maximum Gasteiger partial charge on any atom is 0.251 e. The number of anilines is 1. The van der Waals surface area contributed by atoms with Crippen LogP contribution in [0.4, 0.5) is 5.69 Å². The number of hydrogen-bond donors (Lipinski definition) is 2. The summed E-state index contributed by atoms with van der Waals surface area (Å²) in [4.78, 5) is 25.7. The molecule has 0 atom stereocenters. The predicted molar refractivity (Wildman–Crippen MR) is 85.5 cm³/mol. The maximum absolute atomic E-state index is 11.9. The first kappa shape index (κ1) is 17.2. The smallest absolute Gasteiger partial charge is 0.251 e. The molecule has 0 unspecified atom stereocenters. The van der Waals surface area contributed by atoms with E-state index in [9.17, 15) is 9.59 Å². The van der Waals surface area contributed by atoms with E-state index >= 15 is 0 Å². The van der Waals surface area contributed by atoms with E-state index in [2.05, 4.69) is 10.6 Å². The normalized spacial score (nSPS) is 10.5. The standard InChI is InChI=1S/C16H25N3O2/c1-4-11-17-16(21)13-7-9-14(10-8-13)18-15(20)12-19(5-2)6-3/h7-10H,4-6,11-12H2,1-3H3,(H,17,21)(H,18,20). The number of nitrogens with zero attached hydrogens (tertiary/aromatic N) is 1. The second-order valence-electron chi connectivity index (χ2n) is 4.84. The minimum atomic E-state index is -0.0853. The molecule has 0 heterocycles. The number of carbonyl (C=O) groups excluding carboxylic acids is 2. The van der Waals surface area contributed by atoms with Crippen LogP contribution in [0.2, 0.25) is 0 Å². The molecule has 1 rings (SSSR count). The lowest BCUT2D eigenvalue weighted by molar-refractivity contribution is -0.117. The van der Waals surface area contributed by atoms with Gasteiger partial charge < -0.3 is 10.6 Å². The Hall–Kier alpha value is -1.88. The van der Waals surface area contributed by atoms with Crippen molar-refractivity contribution in [1.29, 1.82) is 0 Å². The molecular formula is C16H25N3O2. The molecular weight excluding hydrogens is 266 g/mol.